The first-order chi connectivity index (χ1) is 10.1. The van der Waals surface area contributed by atoms with Gasteiger partial charge < -0.3 is 18.9 Å². The van der Waals surface area contributed by atoms with Crippen LogP contribution in [-0.2, 0) is 28.5 Å². The molecule has 1 aliphatic heterocycles. The van der Waals surface area contributed by atoms with Crippen molar-refractivity contribution in [1.29, 1.82) is 0 Å². The van der Waals surface area contributed by atoms with Crippen molar-refractivity contribution in [2.45, 2.75) is 24.7 Å². The van der Waals surface area contributed by atoms with Gasteiger partial charge in [-0.25, -0.2) is 4.79 Å². The smallest absolute Gasteiger partial charge is 0.333 e. The Morgan fingerprint density at radius 3 is 2.67 bits per heavy atom. The lowest BCUT2D eigenvalue weighted by molar-refractivity contribution is -0.265. The van der Waals surface area contributed by atoms with E-state index in [1.54, 1.807) is 6.08 Å². The molecule has 0 amide bonds. The highest BCUT2D eigenvalue weighted by Crippen LogP contribution is 2.53. The molecule has 1 heterocycles. The van der Waals surface area contributed by atoms with Gasteiger partial charge in [-0.05, 0) is 18.8 Å². The molecule has 21 heavy (non-hydrogen) atoms. The van der Waals surface area contributed by atoms with Gasteiger partial charge in [0.05, 0.1) is 25.0 Å². The van der Waals surface area contributed by atoms with Gasteiger partial charge in [0.2, 0.25) is 11.6 Å². The lowest BCUT2D eigenvalue weighted by Gasteiger charge is -2.55. The van der Waals surface area contributed by atoms with Crippen LogP contribution in [0.15, 0.2) is 11.6 Å². The van der Waals surface area contributed by atoms with Crippen LogP contribution in [-0.4, -0.2) is 51.6 Å². The SMILES string of the molecule is COC(=O)C1=C[C@H]2C(=O)C(OC)(OC)[C@@H]1[C@H]1CCCO[C@H]12. The molecule has 0 N–H and O–H groups in total. The third-order valence-electron chi connectivity index (χ3n) is 4.97. The molecule has 1 saturated carbocycles. The maximum Gasteiger partial charge on any atom is 0.333 e. The molecular weight excluding hydrogens is 276 g/mol. The van der Waals surface area contributed by atoms with Gasteiger partial charge in [-0.1, -0.05) is 6.08 Å². The second-order valence-corrected chi connectivity index (χ2v) is 5.70. The molecule has 0 aromatic carbocycles. The van der Waals surface area contributed by atoms with E-state index in [4.69, 9.17) is 18.9 Å². The van der Waals surface area contributed by atoms with Crippen molar-refractivity contribution in [2.75, 3.05) is 27.9 Å². The van der Waals surface area contributed by atoms with E-state index in [1.807, 2.05) is 0 Å². The highest BCUT2D eigenvalue weighted by Gasteiger charge is 2.65. The van der Waals surface area contributed by atoms with Crippen LogP contribution in [0.5, 0.6) is 0 Å². The number of methoxy groups -OCH3 is 3. The summed E-state index contributed by atoms with van der Waals surface area (Å²) in [4.78, 5) is 24.9. The minimum atomic E-state index is -1.41. The Morgan fingerprint density at radius 1 is 1.33 bits per heavy atom. The average Bonchev–Trinajstić information content (AvgIpc) is 2.55. The van der Waals surface area contributed by atoms with Gasteiger partial charge >= 0.3 is 5.97 Å². The largest absolute Gasteiger partial charge is 0.466 e. The maximum absolute atomic E-state index is 12.8. The van der Waals surface area contributed by atoms with Crippen LogP contribution >= 0.6 is 0 Å². The quantitative estimate of drug-likeness (QED) is 0.564. The number of rotatable bonds is 3. The number of carbonyl (C=O) groups is 2. The molecule has 0 aromatic heterocycles. The molecule has 6 heteroatoms. The standard InChI is InChI=1S/C15H20O6/c1-18-14(17)9-7-10-12-8(5-4-6-21-12)11(9)15(19-2,20-3)13(10)16/h7-8,10-12H,4-6H2,1-3H3/t8-,10-,11-,12-/m1/s1. The molecule has 0 radical (unpaired) electrons. The number of fused-ring (bicyclic) bond motifs is 1. The first-order valence-corrected chi connectivity index (χ1v) is 7.17. The van der Waals surface area contributed by atoms with E-state index < -0.39 is 23.6 Å². The van der Waals surface area contributed by atoms with Crippen molar-refractivity contribution in [2.24, 2.45) is 17.8 Å². The molecule has 4 rings (SSSR count). The Bertz CT molecular complexity index is 492. The van der Waals surface area contributed by atoms with Crippen molar-refractivity contribution in [3.63, 3.8) is 0 Å². The molecule has 6 nitrogen and oxygen atoms in total. The molecular formula is C15H20O6. The van der Waals surface area contributed by atoms with Gasteiger partial charge in [0, 0.05) is 26.4 Å². The number of Topliss-reactive ketones (excluding diaryl/α,β-unsaturated/α-hetero) is 1. The Hall–Kier alpha value is -1.24. The summed E-state index contributed by atoms with van der Waals surface area (Å²) in [6.45, 7) is 0.645. The minimum Gasteiger partial charge on any atom is -0.466 e. The lowest BCUT2D eigenvalue weighted by atomic mass is 9.57. The summed E-state index contributed by atoms with van der Waals surface area (Å²) in [7, 11) is 4.22. The fourth-order valence-electron chi connectivity index (χ4n) is 4.12. The van der Waals surface area contributed by atoms with E-state index in [0.29, 0.717) is 12.2 Å². The average molecular weight is 296 g/mol. The zero-order valence-electron chi connectivity index (χ0n) is 12.5. The molecule has 4 aliphatic rings. The predicted octanol–water partition coefficient (Wildman–Crippen LogP) is 0.699. The van der Waals surface area contributed by atoms with Gasteiger partial charge in [-0.2, -0.15) is 0 Å². The number of ether oxygens (including phenoxy) is 4. The van der Waals surface area contributed by atoms with E-state index in [-0.39, 0.29) is 17.8 Å². The highest BCUT2D eigenvalue weighted by atomic mass is 16.7. The Morgan fingerprint density at radius 2 is 2.05 bits per heavy atom. The topological polar surface area (TPSA) is 71.1 Å². The summed E-state index contributed by atoms with van der Waals surface area (Å²) < 4.78 is 21.6. The highest BCUT2D eigenvalue weighted by molar-refractivity contribution is 6.00. The number of ketones is 1. The van der Waals surface area contributed by atoms with Crippen LogP contribution in [0.1, 0.15) is 12.8 Å². The van der Waals surface area contributed by atoms with Crippen LogP contribution in [0, 0.1) is 17.8 Å². The molecule has 2 fully saturated rings. The zero-order valence-corrected chi connectivity index (χ0v) is 12.5. The monoisotopic (exact) mass is 296 g/mol. The van der Waals surface area contributed by atoms with Crippen molar-refractivity contribution < 1.29 is 28.5 Å². The number of hydrogen-bond donors (Lipinski definition) is 0. The van der Waals surface area contributed by atoms with Gasteiger partial charge in [0.1, 0.15) is 0 Å². The van der Waals surface area contributed by atoms with Crippen LogP contribution < -0.4 is 0 Å². The van der Waals surface area contributed by atoms with Crippen LogP contribution in [0.4, 0.5) is 0 Å². The van der Waals surface area contributed by atoms with E-state index in [9.17, 15) is 9.59 Å². The Labute approximate surface area is 123 Å². The number of esters is 1. The summed E-state index contributed by atoms with van der Waals surface area (Å²) >= 11 is 0. The van der Waals surface area contributed by atoms with Crippen LogP contribution in [0.2, 0.25) is 0 Å². The summed E-state index contributed by atoms with van der Waals surface area (Å²) in [5, 5.41) is 0. The van der Waals surface area contributed by atoms with E-state index in [2.05, 4.69) is 0 Å². The predicted molar refractivity (Wildman–Crippen MR) is 71.3 cm³/mol. The van der Waals surface area contributed by atoms with Gasteiger partial charge in [-0.3, -0.25) is 4.79 Å². The third kappa shape index (κ3) is 1.82. The third-order valence-corrected chi connectivity index (χ3v) is 4.97. The fraction of sp³-hybridized carbons (Fsp3) is 0.733. The van der Waals surface area contributed by atoms with E-state index >= 15 is 0 Å². The molecule has 116 valence electrons. The Kier molecular flexibility index (Phi) is 3.63. The summed E-state index contributed by atoms with van der Waals surface area (Å²) in [6.07, 6.45) is 3.27. The van der Waals surface area contributed by atoms with Crippen molar-refractivity contribution in [3.8, 4) is 0 Å². The molecule has 0 unspecified atom stereocenters. The summed E-state index contributed by atoms with van der Waals surface area (Å²) in [5.74, 6) is -2.99. The molecule has 1 saturated heterocycles. The van der Waals surface area contributed by atoms with Crippen LogP contribution in [0.25, 0.3) is 0 Å². The normalized spacial score (nSPS) is 36.9. The van der Waals surface area contributed by atoms with Gasteiger partial charge in [0.25, 0.3) is 0 Å². The molecule has 0 spiro atoms. The summed E-state index contributed by atoms with van der Waals surface area (Å²) in [5.41, 5.74) is 0.470. The first-order valence-electron chi connectivity index (χ1n) is 7.17. The fourth-order valence-corrected chi connectivity index (χ4v) is 4.12. The molecule has 0 aromatic rings. The second-order valence-electron chi connectivity index (χ2n) is 5.70. The first kappa shape index (κ1) is 14.7. The van der Waals surface area contributed by atoms with Gasteiger partial charge in [0.15, 0.2) is 0 Å². The van der Waals surface area contributed by atoms with Crippen molar-refractivity contribution >= 4 is 11.8 Å². The van der Waals surface area contributed by atoms with Crippen LogP contribution in [0.3, 0.4) is 0 Å². The Balaban J connectivity index is 2.12. The number of carbonyl (C=O) groups excluding carboxylic acids is 2. The maximum atomic E-state index is 12.8. The van der Waals surface area contributed by atoms with E-state index in [0.717, 1.165) is 12.8 Å². The molecule has 2 bridgehead atoms. The zero-order chi connectivity index (χ0) is 15.2. The lowest BCUT2D eigenvalue weighted by Crippen LogP contribution is -2.67. The summed E-state index contributed by atoms with van der Waals surface area (Å²) in [6, 6.07) is 0. The van der Waals surface area contributed by atoms with Crippen molar-refractivity contribution in [1.82, 2.24) is 0 Å². The van der Waals surface area contributed by atoms with E-state index in [1.165, 1.54) is 21.3 Å². The minimum absolute atomic E-state index is 0.0282. The second kappa shape index (κ2) is 5.19. The van der Waals surface area contributed by atoms with Gasteiger partial charge in [-0.15, -0.1) is 0 Å². The number of hydrogen-bond acceptors (Lipinski definition) is 6. The molecule has 3 aliphatic carbocycles. The molecule has 4 atom stereocenters. The van der Waals surface area contributed by atoms with Crippen molar-refractivity contribution in [3.05, 3.63) is 11.6 Å².